The molecule has 2 amide bonds. The third-order valence-electron chi connectivity index (χ3n) is 6.92. The molecule has 1 unspecified atom stereocenters. The molecule has 1 aromatic heterocycles. The summed E-state index contributed by atoms with van der Waals surface area (Å²) >= 11 is 0. The van der Waals surface area contributed by atoms with Crippen LogP contribution in [0.25, 0.3) is 22.1 Å². The van der Waals surface area contributed by atoms with Crippen molar-refractivity contribution in [3.63, 3.8) is 0 Å². The predicted octanol–water partition coefficient (Wildman–Crippen LogP) is 8.64. The van der Waals surface area contributed by atoms with Gasteiger partial charge in [-0.2, -0.15) is 0 Å². The van der Waals surface area contributed by atoms with Crippen LogP contribution in [0.1, 0.15) is 83.7 Å². The number of hydrogen-bond acceptors (Lipinski definition) is 8. The van der Waals surface area contributed by atoms with Crippen molar-refractivity contribution in [2.24, 2.45) is 0 Å². The standard InChI is InChI=1S/C36H42N2O8.C2H6/c1-7-42-32(39)20-28-13-12-26(23(3)38-35(41)43-8-2)19-31(28)45-22-25-17-29-14-15-44-33(29)30(18-25)27-11-9-10-24(16-27)21-37-34(40)46-36(4,5)6;1-2/h9-19,23H,7-8,20-22H2,1-6H3,(H,37,40)(H,38,41);1-2H3. The molecular weight excluding hydrogens is 612 g/mol. The molecule has 0 spiro atoms. The number of hydrogen-bond donors (Lipinski definition) is 2. The highest BCUT2D eigenvalue weighted by Crippen LogP contribution is 2.33. The molecule has 1 heterocycles. The lowest BCUT2D eigenvalue weighted by Gasteiger charge is -2.19. The van der Waals surface area contributed by atoms with Gasteiger partial charge in [0.1, 0.15) is 23.5 Å². The number of esters is 1. The van der Waals surface area contributed by atoms with Gasteiger partial charge in [-0.15, -0.1) is 0 Å². The Kier molecular flexibility index (Phi) is 13.9. The van der Waals surface area contributed by atoms with E-state index in [-0.39, 0.29) is 38.3 Å². The molecule has 0 aliphatic heterocycles. The van der Waals surface area contributed by atoms with Crippen molar-refractivity contribution in [3.05, 3.63) is 89.2 Å². The van der Waals surface area contributed by atoms with E-state index in [0.717, 1.165) is 38.8 Å². The summed E-state index contributed by atoms with van der Waals surface area (Å²) in [6.07, 6.45) is 0.687. The maximum absolute atomic E-state index is 12.4. The number of benzene rings is 3. The third kappa shape index (κ3) is 11.1. The van der Waals surface area contributed by atoms with Gasteiger partial charge in [0, 0.05) is 23.1 Å². The normalized spacial score (nSPS) is 11.5. The fourth-order valence-corrected chi connectivity index (χ4v) is 4.86. The maximum atomic E-state index is 12.4. The van der Waals surface area contributed by atoms with Crippen LogP contribution in [0.2, 0.25) is 0 Å². The van der Waals surface area contributed by atoms with Crippen LogP contribution in [0, 0.1) is 0 Å². The van der Waals surface area contributed by atoms with Crippen LogP contribution in [0.5, 0.6) is 5.75 Å². The molecule has 1 atom stereocenters. The number of fused-ring (bicyclic) bond motifs is 1. The van der Waals surface area contributed by atoms with Gasteiger partial charge in [-0.1, -0.05) is 44.2 Å². The molecule has 3 aromatic carbocycles. The minimum atomic E-state index is -0.585. The number of rotatable bonds is 12. The summed E-state index contributed by atoms with van der Waals surface area (Å²) in [6.45, 7) is 15.9. The summed E-state index contributed by atoms with van der Waals surface area (Å²) in [5, 5.41) is 6.51. The zero-order valence-corrected chi connectivity index (χ0v) is 29.2. The Morgan fingerprint density at radius 3 is 2.33 bits per heavy atom. The molecule has 0 radical (unpaired) electrons. The fourth-order valence-electron chi connectivity index (χ4n) is 4.86. The minimum Gasteiger partial charge on any atom is -0.489 e. The molecule has 0 bridgehead atoms. The maximum Gasteiger partial charge on any atom is 0.407 e. The second-order valence-corrected chi connectivity index (χ2v) is 11.8. The van der Waals surface area contributed by atoms with Gasteiger partial charge in [-0.25, -0.2) is 9.59 Å². The number of furan rings is 1. The first-order chi connectivity index (χ1) is 23.0. The summed E-state index contributed by atoms with van der Waals surface area (Å²) in [5.74, 6) is 0.146. The van der Waals surface area contributed by atoms with Crippen LogP contribution >= 0.6 is 0 Å². The molecule has 0 aliphatic carbocycles. The topological polar surface area (TPSA) is 125 Å². The zero-order valence-electron chi connectivity index (χ0n) is 29.2. The average molecular weight is 661 g/mol. The van der Waals surface area contributed by atoms with Crippen LogP contribution in [0.3, 0.4) is 0 Å². The molecule has 0 aliphatic rings. The smallest absolute Gasteiger partial charge is 0.407 e. The van der Waals surface area contributed by atoms with Crippen molar-refractivity contribution in [2.45, 2.75) is 86.6 Å². The van der Waals surface area contributed by atoms with Gasteiger partial charge >= 0.3 is 18.2 Å². The summed E-state index contributed by atoms with van der Waals surface area (Å²) in [4.78, 5) is 36.6. The largest absolute Gasteiger partial charge is 0.489 e. The Morgan fingerprint density at radius 2 is 1.62 bits per heavy atom. The highest BCUT2D eigenvalue weighted by Gasteiger charge is 2.18. The molecule has 4 rings (SSSR count). The Labute approximate surface area is 283 Å². The van der Waals surface area contributed by atoms with Gasteiger partial charge in [0.25, 0.3) is 0 Å². The van der Waals surface area contributed by atoms with E-state index >= 15 is 0 Å². The second-order valence-electron chi connectivity index (χ2n) is 11.8. The van der Waals surface area contributed by atoms with Gasteiger partial charge in [-0.05, 0) is 94.1 Å². The highest BCUT2D eigenvalue weighted by molar-refractivity contribution is 5.93. The van der Waals surface area contributed by atoms with Crippen molar-refractivity contribution in [2.75, 3.05) is 13.2 Å². The zero-order chi connectivity index (χ0) is 35.3. The predicted molar refractivity (Wildman–Crippen MR) is 186 cm³/mol. The third-order valence-corrected chi connectivity index (χ3v) is 6.92. The summed E-state index contributed by atoms with van der Waals surface area (Å²) in [5.41, 5.74) is 5.16. The van der Waals surface area contributed by atoms with Crippen molar-refractivity contribution in [1.82, 2.24) is 10.6 Å². The quantitative estimate of drug-likeness (QED) is 0.114. The first-order valence-corrected chi connectivity index (χ1v) is 16.4. The van der Waals surface area contributed by atoms with Crippen LogP contribution in [0.4, 0.5) is 9.59 Å². The minimum absolute atomic E-state index is 0.0410. The number of alkyl carbamates (subject to hydrolysis) is 2. The van der Waals surface area contributed by atoms with Crippen LogP contribution < -0.4 is 15.4 Å². The van der Waals surface area contributed by atoms with Crippen molar-refractivity contribution in [1.29, 1.82) is 0 Å². The molecule has 10 nitrogen and oxygen atoms in total. The van der Waals surface area contributed by atoms with Crippen LogP contribution in [-0.2, 0) is 38.6 Å². The van der Waals surface area contributed by atoms with Gasteiger partial charge in [0.15, 0.2) is 0 Å². The fraction of sp³-hybridized carbons (Fsp3) is 0.395. The molecule has 0 fully saturated rings. The van der Waals surface area contributed by atoms with E-state index in [9.17, 15) is 14.4 Å². The van der Waals surface area contributed by atoms with E-state index in [4.69, 9.17) is 23.4 Å². The van der Waals surface area contributed by atoms with Gasteiger partial charge < -0.3 is 34.0 Å². The van der Waals surface area contributed by atoms with Gasteiger partial charge in [-0.3, -0.25) is 4.79 Å². The molecule has 258 valence electrons. The Bertz CT molecular complexity index is 1670. The summed E-state index contributed by atoms with van der Waals surface area (Å²) in [7, 11) is 0. The number of amides is 2. The molecular formula is C38H48N2O8. The first kappa shape index (κ1) is 37.5. The van der Waals surface area contributed by atoms with E-state index in [2.05, 4.69) is 10.6 Å². The van der Waals surface area contributed by atoms with E-state index in [1.807, 2.05) is 102 Å². The molecule has 0 saturated heterocycles. The van der Waals surface area contributed by atoms with E-state index in [1.165, 1.54) is 0 Å². The van der Waals surface area contributed by atoms with Gasteiger partial charge in [0.2, 0.25) is 0 Å². The van der Waals surface area contributed by atoms with Crippen molar-refractivity contribution >= 4 is 29.1 Å². The number of carbonyl (C=O) groups excluding carboxylic acids is 3. The lowest BCUT2D eigenvalue weighted by Crippen LogP contribution is -2.32. The average Bonchev–Trinajstić information content (AvgIpc) is 3.52. The highest BCUT2D eigenvalue weighted by atomic mass is 16.6. The molecule has 4 aromatic rings. The Morgan fingerprint density at radius 1 is 0.875 bits per heavy atom. The summed E-state index contributed by atoms with van der Waals surface area (Å²) < 4.78 is 27.8. The van der Waals surface area contributed by atoms with E-state index in [1.54, 1.807) is 20.1 Å². The van der Waals surface area contributed by atoms with Crippen molar-refractivity contribution in [3.8, 4) is 16.9 Å². The van der Waals surface area contributed by atoms with Gasteiger partial charge in [0.05, 0.1) is 31.9 Å². The number of nitrogens with one attached hydrogen (secondary N) is 2. The number of carbonyl (C=O) groups is 3. The Balaban J connectivity index is 0.00000307. The Hall–Kier alpha value is -4.99. The van der Waals surface area contributed by atoms with Crippen LogP contribution in [-0.4, -0.2) is 37.0 Å². The van der Waals surface area contributed by atoms with E-state index in [0.29, 0.717) is 17.9 Å². The van der Waals surface area contributed by atoms with E-state index < -0.39 is 17.8 Å². The second kappa shape index (κ2) is 17.8. The molecule has 0 saturated carbocycles. The number of ether oxygens (including phenoxy) is 4. The molecule has 2 N–H and O–H groups in total. The monoisotopic (exact) mass is 660 g/mol. The molecule has 10 heteroatoms. The lowest BCUT2D eigenvalue weighted by atomic mass is 9.99. The van der Waals surface area contributed by atoms with Crippen LogP contribution in [0.15, 0.2) is 71.3 Å². The SMILES string of the molecule is CC.CCOC(=O)Cc1ccc(C(C)NC(=O)OCC)cc1OCc1cc(-c2cccc(CNC(=O)OC(C)(C)C)c2)c2occc2c1. The molecule has 48 heavy (non-hydrogen) atoms. The first-order valence-electron chi connectivity index (χ1n) is 16.4. The summed E-state index contributed by atoms with van der Waals surface area (Å²) in [6, 6.07) is 18.9. The van der Waals surface area contributed by atoms with Crippen molar-refractivity contribution < 1.29 is 37.7 Å². The lowest BCUT2D eigenvalue weighted by molar-refractivity contribution is -0.142.